The van der Waals surface area contributed by atoms with E-state index in [0.29, 0.717) is 13.0 Å². The normalized spacial score (nSPS) is 24.4. The summed E-state index contributed by atoms with van der Waals surface area (Å²) in [6.07, 6.45) is -0.892. The predicted molar refractivity (Wildman–Crippen MR) is 78.8 cm³/mol. The quantitative estimate of drug-likeness (QED) is 0.674. The number of aliphatic hydroxyl groups excluding tert-OH is 1. The van der Waals surface area contributed by atoms with Gasteiger partial charge in [-0.3, -0.25) is 4.79 Å². The van der Waals surface area contributed by atoms with E-state index in [0.717, 1.165) is 0 Å². The van der Waals surface area contributed by atoms with Gasteiger partial charge in [0.1, 0.15) is 5.60 Å². The van der Waals surface area contributed by atoms with Crippen molar-refractivity contribution in [2.75, 3.05) is 13.6 Å². The molecule has 0 radical (unpaired) electrons. The van der Waals surface area contributed by atoms with Crippen LogP contribution in [0.4, 0.5) is 4.79 Å². The molecule has 20 heavy (non-hydrogen) atoms. The number of aliphatic hydroxyl groups is 1. The minimum Gasteiger partial charge on any atom is -0.444 e. The molecule has 0 unspecified atom stereocenters. The molecular formula is C13H24N2O4S. The van der Waals surface area contributed by atoms with Crippen molar-refractivity contribution in [2.24, 2.45) is 0 Å². The van der Waals surface area contributed by atoms with Gasteiger partial charge in [0.25, 0.3) is 0 Å². The second-order valence-corrected chi connectivity index (χ2v) is 6.76. The van der Waals surface area contributed by atoms with Crippen molar-refractivity contribution in [2.45, 2.75) is 56.6 Å². The molecular weight excluding hydrogens is 280 g/mol. The first-order valence-corrected chi connectivity index (χ1v) is 7.22. The average Bonchev–Trinajstić information content (AvgIpc) is 2.69. The molecule has 0 aromatic carbocycles. The fourth-order valence-electron chi connectivity index (χ4n) is 2.17. The maximum atomic E-state index is 12.1. The van der Waals surface area contributed by atoms with Gasteiger partial charge in [0.05, 0.1) is 18.6 Å². The highest BCUT2D eigenvalue weighted by Crippen LogP contribution is 2.27. The van der Waals surface area contributed by atoms with Crippen molar-refractivity contribution in [3.05, 3.63) is 0 Å². The molecule has 2 N–H and O–H groups in total. The lowest BCUT2D eigenvalue weighted by Gasteiger charge is -2.30. The number of likely N-dealkylation sites (tertiary alicyclic amines) is 1. The van der Waals surface area contributed by atoms with Gasteiger partial charge in [0.15, 0.2) is 0 Å². The zero-order valence-corrected chi connectivity index (χ0v) is 13.3. The minimum atomic E-state index is -0.917. The summed E-state index contributed by atoms with van der Waals surface area (Å²) in [5.41, 5.74) is -0.595. The highest BCUT2D eigenvalue weighted by atomic mass is 32.1. The van der Waals surface area contributed by atoms with E-state index in [2.05, 4.69) is 17.9 Å². The van der Waals surface area contributed by atoms with Crippen molar-refractivity contribution >= 4 is 24.6 Å². The SMILES string of the molecule is CNC(=O)C[C@@H](O)[C@@H]1C[C@H](S)CN1C(=O)OC(C)(C)C. The van der Waals surface area contributed by atoms with Crippen LogP contribution in [0, 0.1) is 0 Å². The lowest BCUT2D eigenvalue weighted by Crippen LogP contribution is -2.46. The van der Waals surface area contributed by atoms with Crippen LogP contribution in [-0.2, 0) is 9.53 Å². The number of hydrogen-bond acceptors (Lipinski definition) is 5. The van der Waals surface area contributed by atoms with E-state index in [-0.39, 0.29) is 17.6 Å². The maximum Gasteiger partial charge on any atom is 0.410 e. The topological polar surface area (TPSA) is 78.9 Å². The molecule has 1 rings (SSSR count). The average molecular weight is 304 g/mol. The van der Waals surface area contributed by atoms with Crippen molar-refractivity contribution in [1.29, 1.82) is 0 Å². The molecule has 1 heterocycles. The monoisotopic (exact) mass is 304 g/mol. The third kappa shape index (κ3) is 4.86. The Morgan fingerprint density at radius 2 is 2.10 bits per heavy atom. The first-order chi connectivity index (χ1) is 9.14. The van der Waals surface area contributed by atoms with E-state index in [1.807, 2.05) is 0 Å². The minimum absolute atomic E-state index is 0.0214. The van der Waals surface area contributed by atoms with E-state index in [1.54, 1.807) is 20.8 Å². The highest BCUT2D eigenvalue weighted by Gasteiger charge is 2.40. The van der Waals surface area contributed by atoms with Crippen molar-refractivity contribution in [1.82, 2.24) is 10.2 Å². The molecule has 1 saturated heterocycles. The van der Waals surface area contributed by atoms with Crippen LogP contribution in [0.5, 0.6) is 0 Å². The molecule has 1 fully saturated rings. The van der Waals surface area contributed by atoms with E-state index < -0.39 is 23.8 Å². The third-order valence-electron chi connectivity index (χ3n) is 3.07. The van der Waals surface area contributed by atoms with Gasteiger partial charge in [-0.05, 0) is 27.2 Å². The standard InChI is InChI=1S/C13H24N2O4S/c1-13(2,3)19-12(18)15-7-8(20)5-9(15)10(16)6-11(17)14-4/h8-10,16,20H,5-7H2,1-4H3,(H,14,17)/t8-,9-,10+/m0/s1. The smallest absolute Gasteiger partial charge is 0.410 e. The highest BCUT2D eigenvalue weighted by molar-refractivity contribution is 7.81. The number of ether oxygens (including phenoxy) is 1. The maximum absolute atomic E-state index is 12.1. The molecule has 1 aliphatic heterocycles. The number of thiol groups is 1. The number of rotatable bonds is 3. The van der Waals surface area contributed by atoms with Gasteiger partial charge in [-0.25, -0.2) is 4.79 Å². The summed E-state index contributed by atoms with van der Waals surface area (Å²) in [6.45, 7) is 5.77. The number of amides is 2. The lowest BCUT2D eigenvalue weighted by molar-refractivity contribution is -0.123. The molecule has 0 bridgehead atoms. The molecule has 0 aliphatic carbocycles. The molecule has 0 aromatic heterocycles. The number of nitrogens with zero attached hydrogens (tertiary/aromatic N) is 1. The van der Waals surface area contributed by atoms with Gasteiger partial charge in [-0.2, -0.15) is 12.6 Å². The summed E-state index contributed by atoms with van der Waals surface area (Å²) >= 11 is 4.36. The van der Waals surface area contributed by atoms with Crippen LogP contribution in [-0.4, -0.2) is 58.6 Å². The number of carbonyl (C=O) groups is 2. The Kier molecular flexibility index (Phi) is 5.70. The fourth-order valence-corrected chi connectivity index (χ4v) is 2.56. The fraction of sp³-hybridized carbons (Fsp3) is 0.846. The summed E-state index contributed by atoms with van der Waals surface area (Å²) < 4.78 is 5.32. The second kappa shape index (κ2) is 6.67. The molecule has 1 aliphatic rings. The van der Waals surface area contributed by atoms with E-state index in [4.69, 9.17) is 4.74 Å². The third-order valence-corrected chi connectivity index (χ3v) is 3.44. The first-order valence-electron chi connectivity index (χ1n) is 6.70. The van der Waals surface area contributed by atoms with Crippen molar-refractivity contribution < 1.29 is 19.4 Å². The van der Waals surface area contributed by atoms with Gasteiger partial charge in [-0.1, -0.05) is 0 Å². The van der Waals surface area contributed by atoms with Gasteiger partial charge >= 0.3 is 6.09 Å². The Morgan fingerprint density at radius 1 is 1.50 bits per heavy atom. The second-order valence-electron chi connectivity index (χ2n) is 6.03. The predicted octanol–water partition coefficient (Wildman–Crippen LogP) is 0.791. The molecule has 0 spiro atoms. The Balaban J connectivity index is 2.73. The molecule has 3 atom stereocenters. The van der Waals surface area contributed by atoms with Gasteiger partial charge in [-0.15, -0.1) is 0 Å². The van der Waals surface area contributed by atoms with Crippen LogP contribution >= 0.6 is 12.6 Å². The number of carbonyl (C=O) groups excluding carboxylic acids is 2. The van der Waals surface area contributed by atoms with E-state index in [1.165, 1.54) is 11.9 Å². The number of nitrogens with one attached hydrogen (secondary N) is 1. The van der Waals surface area contributed by atoms with E-state index >= 15 is 0 Å². The first kappa shape index (κ1) is 17.1. The Labute approximate surface area is 125 Å². The molecule has 0 aromatic rings. The summed E-state index contributed by atoms with van der Waals surface area (Å²) in [6, 6.07) is -0.440. The molecule has 0 saturated carbocycles. The molecule has 7 heteroatoms. The van der Waals surface area contributed by atoms with Crippen molar-refractivity contribution in [3.63, 3.8) is 0 Å². The van der Waals surface area contributed by atoms with Crippen molar-refractivity contribution in [3.8, 4) is 0 Å². The molecule has 2 amide bonds. The Bertz CT molecular complexity index is 370. The van der Waals surface area contributed by atoms with Crippen LogP contribution in [0.2, 0.25) is 0 Å². The molecule has 6 nitrogen and oxygen atoms in total. The van der Waals surface area contributed by atoms with Crippen LogP contribution in [0.1, 0.15) is 33.6 Å². The molecule has 116 valence electrons. The van der Waals surface area contributed by atoms with E-state index in [9.17, 15) is 14.7 Å². The Hall–Kier alpha value is -0.950. The van der Waals surface area contributed by atoms with Gasteiger partial charge < -0.3 is 20.1 Å². The largest absolute Gasteiger partial charge is 0.444 e. The van der Waals surface area contributed by atoms with Gasteiger partial charge in [0.2, 0.25) is 5.91 Å². The summed E-state index contributed by atoms with van der Waals surface area (Å²) in [4.78, 5) is 24.9. The Morgan fingerprint density at radius 3 is 2.60 bits per heavy atom. The van der Waals surface area contributed by atoms with Crippen LogP contribution in [0.25, 0.3) is 0 Å². The zero-order chi connectivity index (χ0) is 15.5. The number of hydrogen-bond donors (Lipinski definition) is 3. The summed E-state index contributed by atoms with van der Waals surface area (Å²) in [7, 11) is 1.51. The van der Waals surface area contributed by atoms with Crippen LogP contribution in [0.15, 0.2) is 0 Å². The van der Waals surface area contributed by atoms with Crippen LogP contribution < -0.4 is 5.32 Å². The van der Waals surface area contributed by atoms with Gasteiger partial charge in [0, 0.05) is 18.8 Å². The lowest BCUT2D eigenvalue weighted by atomic mass is 10.1. The zero-order valence-electron chi connectivity index (χ0n) is 12.4. The van der Waals surface area contributed by atoms with Crippen LogP contribution in [0.3, 0.4) is 0 Å². The summed E-state index contributed by atoms with van der Waals surface area (Å²) in [5, 5.41) is 12.6. The summed E-state index contributed by atoms with van der Waals surface area (Å²) in [5.74, 6) is -0.260.